The van der Waals surface area contributed by atoms with E-state index in [1.165, 1.54) is 0 Å². The lowest BCUT2D eigenvalue weighted by Crippen LogP contribution is -2.46. The second-order valence-electron chi connectivity index (χ2n) is 9.28. The Balaban J connectivity index is 1.14. The monoisotopic (exact) mass is 457 g/mol. The second-order valence-corrected chi connectivity index (χ2v) is 9.28. The zero-order chi connectivity index (χ0) is 23.5. The summed E-state index contributed by atoms with van der Waals surface area (Å²) in [7, 11) is 0. The Kier molecular flexibility index (Phi) is 6.25. The van der Waals surface area contributed by atoms with Crippen LogP contribution >= 0.6 is 0 Å². The lowest BCUT2D eigenvalue weighted by Gasteiger charge is -2.35. The summed E-state index contributed by atoms with van der Waals surface area (Å²) in [6.45, 7) is 9.19. The second kappa shape index (κ2) is 9.47. The molecule has 0 spiro atoms. The molecule has 7 nitrogen and oxygen atoms in total. The summed E-state index contributed by atoms with van der Waals surface area (Å²) in [6.07, 6.45) is 14.3. The number of nitrogens with zero attached hydrogens (tertiary/aromatic N) is 5. The van der Waals surface area contributed by atoms with Gasteiger partial charge in [-0.05, 0) is 38.8 Å². The van der Waals surface area contributed by atoms with Gasteiger partial charge in [0.15, 0.2) is 5.58 Å². The predicted molar refractivity (Wildman–Crippen MR) is 133 cm³/mol. The van der Waals surface area contributed by atoms with Crippen LogP contribution < -0.4 is 9.64 Å². The fraction of sp³-hybridized carbons (Fsp3) is 0.444. The standard InChI is InChI=1S/C27H31N5O2/c1-4-5-8-27(9-10-27)11-16-33-22-6-7-23-24(17-22)34-25(30-23)18-31-12-14-32(15-13-31)26-20(2)21(3)28-19-29-26/h1,6-7,9-10,17,19H,5,8,11-16,18H2,2-3H3. The molecule has 0 unspecified atom stereocenters. The van der Waals surface area contributed by atoms with Crippen LogP contribution in [0.25, 0.3) is 11.1 Å². The number of aromatic nitrogens is 3. The molecule has 34 heavy (non-hydrogen) atoms. The molecule has 1 saturated heterocycles. The molecule has 1 fully saturated rings. The number of anilines is 1. The number of allylic oxidation sites excluding steroid dienone is 2. The molecule has 176 valence electrons. The maximum absolute atomic E-state index is 6.07. The summed E-state index contributed by atoms with van der Waals surface area (Å²) in [5, 5.41) is 0. The van der Waals surface area contributed by atoms with E-state index in [2.05, 4.69) is 49.7 Å². The van der Waals surface area contributed by atoms with E-state index in [4.69, 9.17) is 15.6 Å². The van der Waals surface area contributed by atoms with Gasteiger partial charge in [-0.3, -0.25) is 4.90 Å². The smallest absolute Gasteiger partial charge is 0.209 e. The van der Waals surface area contributed by atoms with E-state index >= 15 is 0 Å². The molecular formula is C27H31N5O2. The highest BCUT2D eigenvalue weighted by atomic mass is 16.5. The fourth-order valence-electron chi connectivity index (χ4n) is 4.50. The third-order valence-electron chi connectivity index (χ3n) is 6.95. The summed E-state index contributed by atoms with van der Waals surface area (Å²) in [5.74, 6) is 5.32. The van der Waals surface area contributed by atoms with Gasteiger partial charge in [0.2, 0.25) is 5.89 Å². The van der Waals surface area contributed by atoms with E-state index in [9.17, 15) is 0 Å². The Labute approximate surface area is 200 Å². The third kappa shape index (κ3) is 4.92. The van der Waals surface area contributed by atoms with Crippen molar-refractivity contribution in [1.29, 1.82) is 0 Å². The van der Waals surface area contributed by atoms with E-state index in [-0.39, 0.29) is 5.41 Å². The summed E-state index contributed by atoms with van der Waals surface area (Å²) < 4.78 is 12.1. The summed E-state index contributed by atoms with van der Waals surface area (Å²) >= 11 is 0. The highest BCUT2D eigenvalue weighted by molar-refractivity contribution is 5.74. The zero-order valence-corrected chi connectivity index (χ0v) is 20.0. The number of rotatable bonds is 9. The Hall–Kier alpha value is -3.37. The van der Waals surface area contributed by atoms with Gasteiger partial charge >= 0.3 is 0 Å². The molecule has 3 aromatic rings. The first kappa shape index (κ1) is 22.4. The van der Waals surface area contributed by atoms with Gasteiger partial charge in [-0.25, -0.2) is 15.0 Å². The Morgan fingerprint density at radius 3 is 2.71 bits per heavy atom. The number of hydrogen-bond acceptors (Lipinski definition) is 7. The van der Waals surface area contributed by atoms with Gasteiger partial charge < -0.3 is 14.1 Å². The molecule has 1 aliphatic carbocycles. The third-order valence-corrected chi connectivity index (χ3v) is 6.95. The maximum Gasteiger partial charge on any atom is 0.209 e. The van der Waals surface area contributed by atoms with Gasteiger partial charge in [-0.2, -0.15) is 0 Å². The van der Waals surface area contributed by atoms with Crippen LogP contribution in [0.2, 0.25) is 0 Å². The van der Waals surface area contributed by atoms with Crippen LogP contribution in [0.1, 0.15) is 36.4 Å². The zero-order valence-electron chi connectivity index (χ0n) is 20.0. The number of benzene rings is 1. The molecule has 2 aromatic heterocycles. The minimum atomic E-state index is 0.172. The van der Waals surface area contributed by atoms with Crippen LogP contribution in [0.4, 0.5) is 5.82 Å². The average molecular weight is 458 g/mol. The van der Waals surface area contributed by atoms with E-state index in [1.54, 1.807) is 6.33 Å². The van der Waals surface area contributed by atoms with Crippen molar-refractivity contribution < 1.29 is 9.15 Å². The van der Waals surface area contributed by atoms with Crippen molar-refractivity contribution in [1.82, 2.24) is 19.9 Å². The van der Waals surface area contributed by atoms with Crippen LogP contribution in [0, 0.1) is 31.6 Å². The molecule has 1 aliphatic heterocycles. The number of piperazine rings is 1. The van der Waals surface area contributed by atoms with Gasteiger partial charge in [0.25, 0.3) is 0 Å². The van der Waals surface area contributed by atoms with Crippen molar-refractivity contribution in [2.75, 3.05) is 37.7 Å². The van der Waals surface area contributed by atoms with Crippen molar-refractivity contribution in [2.24, 2.45) is 5.41 Å². The Morgan fingerprint density at radius 1 is 1.12 bits per heavy atom. The molecular weight excluding hydrogens is 426 g/mol. The highest BCUT2D eigenvalue weighted by Crippen LogP contribution is 2.42. The molecule has 0 amide bonds. The molecule has 1 aromatic carbocycles. The Bertz CT molecular complexity index is 1230. The normalized spacial score (nSPS) is 17.1. The van der Waals surface area contributed by atoms with Crippen LogP contribution in [-0.2, 0) is 6.54 Å². The minimum Gasteiger partial charge on any atom is -0.493 e. The SMILES string of the molecule is C#CCCC1(CCOc2ccc3nc(CN4CCN(c5ncnc(C)c5C)CC4)oc3c2)C=C1. The highest BCUT2D eigenvalue weighted by Gasteiger charge is 2.32. The first-order chi connectivity index (χ1) is 16.5. The van der Waals surface area contributed by atoms with Crippen LogP contribution in [0.5, 0.6) is 5.75 Å². The van der Waals surface area contributed by atoms with Crippen molar-refractivity contribution in [3.63, 3.8) is 0 Å². The number of aryl methyl sites for hydroxylation is 1. The molecule has 0 saturated carbocycles. The van der Waals surface area contributed by atoms with E-state index < -0.39 is 0 Å². The average Bonchev–Trinajstić information content (AvgIpc) is 3.50. The van der Waals surface area contributed by atoms with Crippen molar-refractivity contribution >= 4 is 16.9 Å². The van der Waals surface area contributed by atoms with Gasteiger partial charge in [0.05, 0.1) is 13.2 Å². The van der Waals surface area contributed by atoms with Crippen LogP contribution in [0.3, 0.4) is 0 Å². The van der Waals surface area contributed by atoms with Gasteiger partial charge in [-0.15, -0.1) is 12.3 Å². The molecule has 0 radical (unpaired) electrons. The van der Waals surface area contributed by atoms with Crippen molar-refractivity contribution in [2.45, 2.75) is 39.7 Å². The quantitative estimate of drug-likeness (QED) is 0.351. The van der Waals surface area contributed by atoms with Gasteiger partial charge in [0, 0.05) is 55.3 Å². The first-order valence-corrected chi connectivity index (χ1v) is 12.0. The fourth-order valence-corrected chi connectivity index (χ4v) is 4.50. The Morgan fingerprint density at radius 2 is 1.94 bits per heavy atom. The lowest BCUT2D eigenvalue weighted by atomic mass is 9.94. The molecule has 0 atom stereocenters. The molecule has 2 aliphatic rings. The predicted octanol–water partition coefficient (Wildman–Crippen LogP) is 4.30. The van der Waals surface area contributed by atoms with E-state index in [1.807, 2.05) is 25.1 Å². The topological polar surface area (TPSA) is 67.5 Å². The first-order valence-electron chi connectivity index (χ1n) is 12.0. The van der Waals surface area contributed by atoms with E-state index in [0.717, 1.165) is 85.3 Å². The number of fused-ring (bicyclic) bond motifs is 1. The molecule has 0 N–H and O–H groups in total. The summed E-state index contributed by atoms with van der Waals surface area (Å²) in [4.78, 5) is 18.2. The molecule has 3 heterocycles. The minimum absolute atomic E-state index is 0.172. The number of hydrogen-bond donors (Lipinski definition) is 0. The number of ether oxygens (including phenoxy) is 1. The lowest BCUT2D eigenvalue weighted by molar-refractivity contribution is 0.228. The van der Waals surface area contributed by atoms with Crippen LogP contribution in [0.15, 0.2) is 41.1 Å². The number of oxazole rings is 1. The van der Waals surface area contributed by atoms with Crippen molar-refractivity contribution in [3.05, 3.63) is 53.8 Å². The number of terminal acetylenes is 1. The maximum atomic E-state index is 6.07. The summed E-state index contributed by atoms with van der Waals surface area (Å²) in [6, 6.07) is 5.88. The van der Waals surface area contributed by atoms with Crippen molar-refractivity contribution in [3.8, 4) is 18.1 Å². The summed E-state index contributed by atoms with van der Waals surface area (Å²) in [5.41, 5.74) is 4.00. The molecule has 0 bridgehead atoms. The van der Waals surface area contributed by atoms with E-state index in [0.29, 0.717) is 13.2 Å². The van der Waals surface area contributed by atoms with Crippen LogP contribution in [-0.4, -0.2) is 52.6 Å². The molecule has 5 rings (SSSR count). The van der Waals surface area contributed by atoms with Gasteiger partial charge in [-0.1, -0.05) is 12.2 Å². The largest absolute Gasteiger partial charge is 0.493 e. The molecule has 7 heteroatoms. The van der Waals surface area contributed by atoms with Gasteiger partial charge in [0.1, 0.15) is 23.4 Å².